The molecule has 1 aliphatic carbocycles. The van der Waals surface area contributed by atoms with Crippen LogP contribution < -0.4 is 5.73 Å². The van der Waals surface area contributed by atoms with E-state index in [0.29, 0.717) is 6.04 Å². The first-order valence-electron chi connectivity index (χ1n) is 4.08. The van der Waals surface area contributed by atoms with Crippen LogP contribution in [-0.4, -0.2) is 9.97 Å². The molecule has 2 unspecified atom stereocenters. The van der Waals surface area contributed by atoms with Crippen LogP contribution >= 0.6 is 22.6 Å². The maximum absolute atomic E-state index is 5.72. The van der Waals surface area contributed by atoms with E-state index in [0.717, 1.165) is 9.84 Å². The largest absolute Gasteiger partial charge is 0.328 e. The second-order valence-corrected chi connectivity index (χ2v) is 5.25. The SMILES string of the molecule is C[C@H](N)CC1CCC(I)C1. The van der Waals surface area contributed by atoms with Gasteiger partial charge < -0.3 is 5.73 Å². The number of alkyl halides is 1. The molecule has 0 aliphatic heterocycles. The van der Waals surface area contributed by atoms with E-state index in [1.165, 1.54) is 25.7 Å². The van der Waals surface area contributed by atoms with E-state index in [-0.39, 0.29) is 0 Å². The highest BCUT2D eigenvalue weighted by atomic mass is 127. The van der Waals surface area contributed by atoms with E-state index in [9.17, 15) is 0 Å². The van der Waals surface area contributed by atoms with Gasteiger partial charge in [0.15, 0.2) is 0 Å². The quantitative estimate of drug-likeness (QED) is 0.593. The molecule has 1 saturated carbocycles. The predicted octanol–water partition coefficient (Wildman–Crippen LogP) is 2.33. The lowest BCUT2D eigenvalue weighted by atomic mass is 10.0. The van der Waals surface area contributed by atoms with E-state index in [2.05, 4.69) is 29.5 Å². The third kappa shape index (κ3) is 2.74. The van der Waals surface area contributed by atoms with Gasteiger partial charge in [0.2, 0.25) is 0 Å². The number of rotatable bonds is 2. The summed E-state index contributed by atoms with van der Waals surface area (Å²) in [4.78, 5) is 0. The zero-order chi connectivity index (χ0) is 7.56. The fourth-order valence-corrected chi connectivity index (χ4v) is 2.83. The van der Waals surface area contributed by atoms with Crippen LogP contribution in [0.1, 0.15) is 32.6 Å². The molecule has 0 heterocycles. The van der Waals surface area contributed by atoms with Crippen LogP contribution in [0.4, 0.5) is 0 Å². The lowest BCUT2D eigenvalue weighted by Crippen LogP contribution is -2.18. The number of hydrogen-bond donors (Lipinski definition) is 1. The van der Waals surface area contributed by atoms with Crippen molar-refractivity contribution in [1.82, 2.24) is 0 Å². The fraction of sp³-hybridized carbons (Fsp3) is 1.00. The van der Waals surface area contributed by atoms with Gasteiger partial charge in [-0.2, -0.15) is 0 Å². The van der Waals surface area contributed by atoms with Gasteiger partial charge in [0.05, 0.1) is 0 Å². The van der Waals surface area contributed by atoms with Crippen molar-refractivity contribution in [3.8, 4) is 0 Å². The molecule has 0 saturated heterocycles. The van der Waals surface area contributed by atoms with Crippen LogP contribution in [-0.2, 0) is 0 Å². The van der Waals surface area contributed by atoms with Crippen molar-refractivity contribution >= 4 is 22.6 Å². The number of hydrogen-bond acceptors (Lipinski definition) is 1. The topological polar surface area (TPSA) is 26.0 Å². The molecule has 0 spiro atoms. The minimum Gasteiger partial charge on any atom is -0.328 e. The molecule has 2 heteroatoms. The summed E-state index contributed by atoms with van der Waals surface area (Å²) >= 11 is 2.55. The Bertz CT molecular complexity index is 103. The highest BCUT2D eigenvalue weighted by molar-refractivity contribution is 14.1. The van der Waals surface area contributed by atoms with Crippen molar-refractivity contribution in [3.63, 3.8) is 0 Å². The van der Waals surface area contributed by atoms with Gasteiger partial charge in [-0.05, 0) is 38.5 Å². The minimum atomic E-state index is 0.409. The van der Waals surface area contributed by atoms with Gasteiger partial charge in [0.1, 0.15) is 0 Å². The van der Waals surface area contributed by atoms with Gasteiger partial charge in [-0.3, -0.25) is 0 Å². The van der Waals surface area contributed by atoms with Gasteiger partial charge in [0, 0.05) is 9.97 Å². The Hall–Kier alpha value is 0.690. The molecule has 0 radical (unpaired) electrons. The second-order valence-electron chi connectivity index (χ2n) is 3.49. The molecule has 3 atom stereocenters. The molecule has 0 bridgehead atoms. The Balaban J connectivity index is 2.18. The van der Waals surface area contributed by atoms with E-state index < -0.39 is 0 Å². The maximum Gasteiger partial charge on any atom is 0.0112 e. The van der Waals surface area contributed by atoms with E-state index in [1.54, 1.807) is 0 Å². The van der Waals surface area contributed by atoms with Crippen molar-refractivity contribution in [2.45, 2.75) is 42.6 Å². The summed E-state index contributed by atoms with van der Waals surface area (Å²) in [7, 11) is 0. The van der Waals surface area contributed by atoms with Crippen LogP contribution in [0.3, 0.4) is 0 Å². The van der Waals surface area contributed by atoms with E-state index >= 15 is 0 Å². The summed E-state index contributed by atoms with van der Waals surface area (Å²) in [5, 5.41) is 0. The third-order valence-electron chi connectivity index (χ3n) is 2.18. The summed E-state index contributed by atoms with van der Waals surface area (Å²) in [6.45, 7) is 2.11. The molecule has 10 heavy (non-hydrogen) atoms. The molecule has 0 aromatic rings. The van der Waals surface area contributed by atoms with Crippen LogP contribution in [0, 0.1) is 5.92 Å². The van der Waals surface area contributed by atoms with Crippen molar-refractivity contribution in [2.75, 3.05) is 0 Å². The number of halogens is 1. The highest BCUT2D eigenvalue weighted by Gasteiger charge is 2.22. The molecule has 0 amide bonds. The summed E-state index contributed by atoms with van der Waals surface area (Å²) in [5.41, 5.74) is 5.72. The Kier molecular flexibility index (Phi) is 3.43. The average Bonchev–Trinajstić information content (AvgIpc) is 2.13. The molecule has 0 aromatic carbocycles. The van der Waals surface area contributed by atoms with E-state index in [1.807, 2.05) is 0 Å². The average molecular weight is 253 g/mol. The zero-order valence-corrected chi connectivity index (χ0v) is 8.67. The van der Waals surface area contributed by atoms with Crippen LogP contribution in [0.2, 0.25) is 0 Å². The van der Waals surface area contributed by atoms with Gasteiger partial charge in [0.25, 0.3) is 0 Å². The molecular formula is C8H16IN. The van der Waals surface area contributed by atoms with Crippen molar-refractivity contribution in [2.24, 2.45) is 11.7 Å². The molecule has 2 N–H and O–H groups in total. The van der Waals surface area contributed by atoms with Crippen LogP contribution in [0.5, 0.6) is 0 Å². The molecule has 1 nitrogen and oxygen atoms in total. The molecular weight excluding hydrogens is 237 g/mol. The number of nitrogens with two attached hydrogens (primary N) is 1. The van der Waals surface area contributed by atoms with Gasteiger partial charge in [-0.1, -0.05) is 22.6 Å². The standard InChI is InChI=1S/C8H16IN/c1-6(10)4-7-2-3-8(9)5-7/h6-8H,2-5,10H2,1H3/t6-,7?,8?/m0/s1. The van der Waals surface area contributed by atoms with Crippen molar-refractivity contribution < 1.29 is 0 Å². The highest BCUT2D eigenvalue weighted by Crippen LogP contribution is 2.33. The van der Waals surface area contributed by atoms with Crippen molar-refractivity contribution in [1.29, 1.82) is 0 Å². The molecule has 0 aromatic heterocycles. The fourth-order valence-electron chi connectivity index (χ4n) is 1.75. The summed E-state index contributed by atoms with van der Waals surface area (Å²) in [5.74, 6) is 0.932. The normalized spacial score (nSPS) is 36.3. The first kappa shape index (κ1) is 8.78. The zero-order valence-electron chi connectivity index (χ0n) is 6.52. The van der Waals surface area contributed by atoms with Gasteiger partial charge in [-0.15, -0.1) is 0 Å². The lowest BCUT2D eigenvalue weighted by molar-refractivity contribution is 0.460. The molecule has 1 rings (SSSR count). The minimum absolute atomic E-state index is 0.409. The lowest BCUT2D eigenvalue weighted by Gasteiger charge is -2.11. The first-order chi connectivity index (χ1) is 4.68. The van der Waals surface area contributed by atoms with Crippen molar-refractivity contribution in [3.05, 3.63) is 0 Å². The Morgan fingerprint density at radius 2 is 2.30 bits per heavy atom. The second kappa shape index (κ2) is 3.90. The summed E-state index contributed by atoms with van der Waals surface area (Å²) in [6.07, 6.45) is 5.47. The monoisotopic (exact) mass is 253 g/mol. The Labute approximate surface area is 76.9 Å². The van der Waals surface area contributed by atoms with Crippen LogP contribution in [0.25, 0.3) is 0 Å². The maximum atomic E-state index is 5.72. The summed E-state index contributed by atoms with van der Waals surface area (Å²) < 4.78 is 0.932. The van der Waals surface area contributed by atoms with Crippen LogP contribution in [0.15, 0.2) is 0 Å². The van der Waals surface area contributed by atoms with Gasteiger partial charge in [-0.25, -0.2) is 0 Å². The summed E-state index contributed by atoms with van der Waals surface area (Å²) in [6, 6.07) is 0.409. The molecule has 60 valence electrons. The Morgan fingerprint density at radius 3 is 2.70 bits per heavy atom. The smallest absolute Gasteiger partial charge is 0.0112 e. The third-order valence-corrected chi connectivity index (χ3v) is 3.31. The van der Waals surface area contributed by atoms with Gasteiger partial charge >= 0.3 is 0 Å². The first-order valence-corrected chi connectivity index (χ1v) is 5.32. The van der Waals surface area contributed by atoms with E-state index in [4.69, 9.17) is 5.73 Å². The molecule has 1 aliphatic rings. The molecule has 1 fully saturated rings. The Morgan fingerprint density at radius 1 is 1.60 bits per heavy atom. The predicted molar refractivity (Wildman–Crippen MR) is 53.4 cm³/mol.